The molecule has 4 nitrogen and oxygen atoms in total. The van der Waals surface area contributed by atoms with Crippen molar-refractivity contribution in [1.82, 2.24) is 9.88 Å². The Balaban J connectivity index is 1.66. The Morgan fingerprint density at radius 2 is 1.76 bits per heavy atom. The first kappa shape index (κ1) is 23.0. The van der Waals surface area contributed by atoms with Gasteiger partial charge in [0.15, 0.2) is 0 Å². The Morgan fingerprint density at radius 3 is 2.45 bits per heavy atom. The van der Waals surface area contributed by atoms with Gasteiger partial charge < -0.3 is 15.0 Å². The van der Waals surface area contributed by atoms with E-state index >= 15 is 0 Å². The van der Waals surface area contributed by atoms with Gasteiger partial charge >= 0.3 is 5.97 Å². The molecule has 0 spiro atoms. The summed E-state index contributed by atoms with van der Waals surface area (Å²) in [6.45, 7) is 5.43. The minimum absolute atomic E-state index is 0.221. The van der Waals surface area contributed by atoms with Crippen molar-refractivity contribution in [2.45, 2.75) is 33.4 Å². The predicted octanol–water partition coefficient (Wildman–Crippen LogP) is 6.13. The van der Waals surface area contributed by atoms with Gasteiger partial charge in [0.2, 0.25) is 0 Å². The molecule has 1 aromatic heterocycles. The fraction of sp³-hybridized carbons (Fsp3) is 0.222. The minimum atomic E-state index is -1.00. The molecule has 0 aliphatic carbocycles. The average Bonchev–Trinajstić information content (AvgIpc) is 3.07. The number of hydrogen-bond donors (Lipinski definition) is 2. The Kier molecular flexibility index (Phi) is 6.82. The first-order valence-electron chi connectivity index (χ1n) is 10.9. The van der Waals surface area contributed by atoms with E-state index in [9.17, 15) is 14.3 Å². The number of nitrogens with zero attached hydrogens (tertiary/aromatic N) is 1. The summed E-state index contributed by atoms with van der Waals surface area (Å²) in [5, 5.41) is 14.7. The molecule has 33 heavy (non-hydrogen) atoms. The summed E-state index contributed by atoms with van der Waals surface area (Å²) < 4.78 is 15.3. The van der Waals surface area contributed by atoms with Crippen molar-refractivity contribution >= 4 is 28.5 Å². The third kappa shape index (κ3) is 5.10. The maximum atomic E-state index is 13.5. The van der Waals surface area contributed by atoms with Crippen molar-refractivity contribution in [2.24, 2.45) is 0 Å². The number of nitrogens with one attached hydrogen (secondary N) is 1. The van der Waals surface area contributed by atoms with Crippen molar-refractivity contribution in [3.05, 3.63) is 105 Å². The zero-order chi connectivity index (χ0) is 23.5. The highest BCUT2D eigenvalue weighted by atomic mass is 35.5. The van der Waals surface area contributed by atoms with E-state index in [1.165, 1.54) is 23.3 Å². The van der Waals surface area contributed by atoms with Crippen LogP contribution in [0.2, 0.25) is 5.02 Å². The molecule has 0 fully saturated rings. The lowest BCUT2D eigenvalue weighted by atomic mass is 10.1. The van der Waals surface area contributed by atoms with Gasteiger partial charge in [-0.2, -0.15) is 0 Å². The summed E-state index contributed by atoms with van der Waals surface area (Å²) in [5.41, 5.74) is 5.93. The van der Waals surface area contributed by atoms with Crippen LogP contribution >= 0.6 is 11.6 Å². The van der Waals surface area contributed by atoms with Crippen LogP contribution in [0.5, 0.6) is 0 Å². The topological polar surface area (TPSA) is 54.3 Å². The van der Waals surface area contributed by atoms with Crippen LogP contribution < -0.4 is 5.32 Å². The van der Waals surface area contributed by atoms with E-state index in [2.05, 4.69) is 36.5 Å². The fourth-order valence-corrected chi connectivity index (χ4v) is 4.37. The minimum Gasteiger partial charge on any atom is -0.477 e. The van der Waals surface area contributed by atoms with Crippen molar-refractivity contribution in [3.8, 4) is 0 Å². The fourth-order valence-electron chi connectivity index (χ4n) is 4.14. The van der Waals surface area contributed by atoms with Crippen LogP contribution in [-0.2, 0) is 19.5 Å². The molecule has 1 heterocycles. The number of fused-ring (bicyclic) bond motifs is 1. The van der Waals surface area contributed by atoms with Crippen LogP contribution in [0.4, 0.5) is 4.39 Å². The molecule has 0 aliphatic rings. The summed E-state index contributed by atoms with van der Waals surface area (Å²) >= 11 is 6.26. The Labute approximate surface area is 197 Å². The largest absolute Gasteiger partial charge is 0.477 e. The number of rotatable bonds is 8. The van der Waals surface area contributed by atoms with E-state index in [4.69, 9.17) is 11.6 Å². The standard InChI is InChI=1S/C27H26ClFN2O2/c1-17-3-6-19(7-4-17)11-12-30-15-23-22-10-5-18(2)13-25(22)31(26(23)27(32)33)16-20-8-9-21(29)14-24(20)28/h3-10,13-14,30H,11-12,15-16H2,1-2H3,(H,32,33). The molecular weight excluding hydrogens is 439 g/mol. The lowest BCUT2D eigenvalue weighted by molar-refractivity contribution is 0.0684. The van der Waals surface area contributed by atoms with E-state index in [0.29, 0.717) is 12.1 Å². The van der Waals surface area contributed by atoms with Crippen LogP contribution in [0.25, 0.3) is 10.9 Å². The highest BCUT2D eigenvalue weighted by Crippen LogP contribution is 2.30. The number of aromatic carboxylic acids is 1. The number of carbonyl (C=O) groups is 1. The predicted molar refractivity (Wildman–Crippen MR) is 131 cm³/mol. The summed E-state index contributed by atoms with van der Waals surface area (Å²) in [7, 11) is 0. The third-order valence-electron chi connectivity index (χ3n) is 5.88. The van der Waals surface area contributed by atoms with Crippen molar-refractivity contribution in [2.75, 3.05) is 6.54 Å². The van der Waals surface area contributed by atoms with Crippen LogP contribution in [0.1, 0.15) is 38.3 Å². The van der Waals surface area contributed by atoms with Gasteiger partial charge in [0.25, 0.3) is 0 Å². The zero-order valence-corrected chi connectivity index (χ0v) is 19.4. The Bertz CT molecular complexity index is 1310. The molecule has 4 aromatic rings. The molecule has 2 N–H and O–H groups in total. The molecule has 0 saturated carbocycles. The second-order valence-corrected chi connectivity index (χ2v) is 8.79. The van der Waals surface area contributed by atoms with Gasteiger partial charge in [-0.3, -0.25) is 0 Å². The lowest BCUT2D eigenvalue weighted by Crippen LogP contribution is -2.19. The number of benzene rings is 3. The molecule has 0 amide bonds. The Hall–Kier alpha value is -3.15. The molecule has 0 unspecified atom stereocenters. The second-order valence-electron chi connectivity index (χ2n) is 8.39. The monoisotopic (exact) mass is 464 g/mol. The van der Waals surface area contributed by atoms with Gasteiger partial charge in [-0.15, -0.1) is 0 Å². The second kappa shape index (κ2) is 9.77. The van der Waals surface area contributed by atoms with E-state index < -0.39 is 11.8 Å². The summed E-state index contributed by atoms with van der Waals surface area (Å²) in [5.74, 6) is -1.42. The SMILES string of the molecule is Cc1ccc(CCNCc2c(C(=O)O)n(Cc3ccc(F)cc3Cl)c3cc(C)ccc23)cc1. The summed E-state index contributed by atoms with van der Waals surface area (Å²) in [4.78, 5) is 12.4. The van der Waals surface area contributed by atoms with Crippen molar-refractivity contribution < 1.29 is 14.3 Å². The van der Waals surface area contributed by atoms with Crippen LogP contribution in [-0.4, -0.2) is 22.2 Å². The van der Waals surface area contributed by atoms with Crippen molar-refractivity contribution in [3.63, 3.8) is 0 Å². The maximum Gasteiger partial charge on any atom is 0.352 e. The molecule has 0 bridgehead atoms. The van der Waals surface area contributed by atoms with E-state index in [1.807, 2.05) is 25.1 Å². The molecule has 0 aliphatic heterocycles. The van der Waals surface area contributed by atoms with E-state index in [-0.39, 0.29) is 17.3 Å². The highest BCUT2D eigenvalue weighted by molar-refractivity contribution is 6.31. The number of carboxylic acid groups (broad SMARTS) is 1. The summed E-state index contributed by atoms with van der Waals surface area (Å²) in [6, 6.07) is 18.5. The lowest BCUT2D eigenvalue weighted by Gasteiger charge is -2.11. The van der Waals surface area contributed by atoms with Gasteiger partial charge in [0.1, 0.15) is 11.5 Å². The van der Waals surface area contributed by atoms with Gasteiger partial charge in [0.05, 0.1) is 0 Å². The van der Waals surface area contributed by atoms with E-state index in [0.717, 1.165) is 35.0 Å². The average molecular weight is 465 g/mol. The van der Waals surface area contributed by atoms with E-state index in [1.54, 1.807) is 10.6 Å². The third-order valence-corrected chi connectivity index (χ3v) is 6.24. The van der Waals surface area contributed by atoms with Crippen molar-refractivity contribution in [1.29, 1.82) is 0 Å². The summed E-state index contributed by atoms with van der Waals surface area (Å²) in [6.07, 6.45) is 0.853. The molecule has 3 aromatic carbocycles. The van der Waals surface area contributed by atoms with Crippen LogP contribution in [0.15, 0.2) is 60.7 Å². The highest BCUT2D eigenvalue weighted by Gasteiger charge is 2.23. The maximum absolute atomic E-state index is 13.5. The first-order valence-corrected chi connectivity index (χ1v) is 11.3. The quantitative estimate of drug-likeness (QED) is 0.308. The molecular formula is C27H26ClFN2O2. The van der Waals surface area contributed by atoms with Crippen LogP contribution in [0, 0.1) is 19.7 Å². The van der Waals surface area contributed by atoms with Gasteiger partial charge in [0, 0.05) is 34.6 Å². The number of aryl methyl sites for hydroxylation is 2. The van der Waals surface area contributed by atoms with Gasteiger partial charge in [-0.05, 0) is 61.7 Å². The smallest absolute Gasteiger partial charge is 0.352 e. The molecule has 0 saturated heterocycles. The van der Waals surface area contributed by atoms with Gasteiger partial charge in [-0.25, -0.2) is 9.18 Å². The normalized spacial score (nSPS) is 11.3. The van der Waals surface area contributed by atoms with Gasteiger partial charge in [-0.1, -0.05) is 59.6 Å². The zero-order valence-electron chi connectivity index (χ0n) is 18.7. The molecule has 0 atom stereocenters. The number of hydrogen-bond acceptors (Lipinski definition) is 2. The first-order chi connectivity index (χ1) is 15.8. The van der Waals surface area contributed by atoms with Crippen LogP contribution in [0.3, 0.4) is 0 Å². The number of halogens is 2. The number of carboxylic acids is 1. The molecule has 4 rings (SSSR count). The number of aromatic nitrogens is 1. The molecule has 6 heteroatoms. The molecule has 0 radical (unpaired) electrons. The Morgan fingerprint density at radius 1 is 1.03 bits per heavy atom. The molecule has 170 valence electrons.